The van der Waals surface area contributed by atoms with Gasteiger partial charge in [0.2, 0.25) is 0 Å². The summed E-state index contributed by atoms with van der Waals surface area (Å²) in [5, 5.41) is 0. The molecule has 2 atom stereocenters. The van der Waals surface area contributed by atoms with Gasteiger partial charge in [0.15, 0.2) is 0 Å². The number of amides is 2. The van der Waals surface area contributed by atoms with Crippen LogP contribution in [-0.2, 0) is 14.2 Å². The van der Waals surface area contributed by atoms with Crippen molar-refractivity contribution < 1.29 is 23.8 Å². The van der Waals surface area contributed by atoms with E-state index in [2.05, 4.69) is 0 Å². The highest BCUT2D eigenvalue weighted by Crippen LogP contribution is 2.23. The highest BCUT2D eigenvalue weighted by Gasteiger charge is 2.40. The molecule has 2 aliphatic rings. The van der Waals surface area contributed by atoms with Crippen LogP contribution in [0.3, 0.4) is 0 Å². The molecule has 7 heteroatoms. The summed E-state index contributed by atoms with van der Waals surface area (Å²) in [5.41, 5.74) is -0.519. The highest BCUT2D eigenvalue weighted by molar-refractivity contribution is 5.70. The van der Waals surface area contributed by atoms with Gasteiger partial charge in [0.1, 0.15) is 12.2 Å². The van der Waals surface area contributed by atoms with Crippen LogP contribution in [0.15, 0.2) is 0 Å². The molecule has 0 bridgehead atoms. The number of rotatable bonds is 2. The van der Waals surface area contributed by atoms with Gasteiger partial charge in [-0.1, -0.05) is 0 Å². The van der Waals surface area contributed by atoms with Gasteiger partial charge in [-0.05, 0) is 27.2 Å². The number of hydrogen-bond donors (Lipinski definition) is 0. The minimum Gasteiger partial charge on any atom is -0.448 e. The third-order valence-electron chi connectivity index (χ3n) is 3.67. The van der Waals surface area contributed by atoms with E-state index in [9.17, 15) is 9.59 Å². The lowest BCUT2D eigenvalue weighted by atomic mass is 10.0. The lowest BCUT2D eigenvalue weighted by Gasteiger charge is -2.41. The summed E-state index contributed by atoms with van der Waals surface area (Å²) in [6.07, 6.45) is -0.205. The van der Waals surface area contributed by atoms with Crippen LogP contribution in [0.4, 0.5) is 9.59 Å². The first-order valence-electron chi connectivity index (χ1n) is 7.26. The first-order chi connectivity index (χ1) is 9.81. The highest BCUT2D eigenvalue weighted by atomic mass is 16.6. The standard InChI is InChI=1S/C14H24N2O5/c1-14(2,3)21-12(17)15-6-5-10(11(9-15)19-4)16-7-8-20-13(16)18/h10-11H,5-9H2,1-4H3/t10-,11-/m0/s1. The van der Waals surface area contributed by atoms with Gasteiger partial charge in [-0.3, -0.25) is 4.90 Å². The van der Waals surface area contributed by atoms with Gasteiger partial charge in [0.25, 0.3) is 0 Å². The van der Waals surface area contributed by atoms with E-state index in [-0.39, 0.29) is 24.3 Å². The molecule has 0 unspecified atom stereocenters. The van der Waals surface area contributed by atoms with Crippen LogP contribution in [0, 0.1) is 0 Å². The van der Waals surface area contributed by atoms with Crippen molar-refractivity contribution >= 4 is 12.2 Å². The third-order valence-corrected chi connectivity index (χ3v) is 3.67. The molecule has 0 N–H and O–H groups in total. The molecule has 120 valence electrons. The predicted octanol–water partition coefficient (Wildman–Crippen LogP) is 1.46. The molecule has 2 rings (SSSR count). The molecular weight excluding hydrogens is 276 g/mol. The Morgan fingerprint density at radius 1 is 1.33 bits per heavy atom. The van der Waals surface area contributed by atoms with Gasteiger partial charge in [-0.25, -0.2) is 9.59 Å². The van der Waals surface area contributed by atoms with E-state index in [4.69, 9.17) is 14.2 Å². The molecule has 2 aliphatic heterocycles. The van der Waals surface area contributed by atoms with Crippen LogP contribution in [-0.4, -0.2) is 73.1 Å². The van der Waals surface area contributed by atoms with E-state index in [0.29, 0.717) is 32.7 Å². The van der Waals surface area contributed by atoms with Crippen LogP contribution in [0.2, 0.25) is 0 Å². The van der Waals surface area contributed by atoms with Gasteiger partial charge in [-0.15, -0.1) is 0 Å². The summed E-state index contributed by atoms with van der Waals surface area (Å²) in [5.74, 6) is 0. The number of carbonyl (C=O) groups excluding carboxylic acids is 2. The fourth-order valence-corrected chi connectivity index (χ4v) is 2.69. The van der Waals surface area contributed by atoms with Gasteiger partial charge in [-0.2, -0.15) is 0 Å². The third kappa shape index (κ3) is 3.78. The average molecular weight is 300 g/mol. The fraction of sp³-hybridized carbons (Fsp3) is 0.857. The summed E-state index contributed by atoms with van der Waals surface area (Å²) in [4.78, 5) is 27.1. The average Bonchev–Trinajstić information content (AvgIpc) is 2.82. The number of cyclic esters (lactones) is 1. The van der Waals surface area contributed by atoms with Gasteiger partial charge < -0.3 is 19.1 Å². The minimum absolute atomic E-state index is 0.0521. The minimum atomic E-state index is -0.519. The summed E-state index contributed by atoms with van der Waals surface area (Å²) >= 11 is 0. The number of nitrogens with zero attached hydrogens (tertiary/aromatic N) is 2. The normalized spacial score (nSPS) is 26.8. The summed E-state index contributed by atoms with van der Waals surface area (Å²) in [6, 6.07) is -0.0521. The number of likely N-dealkylation sites (tertiary alicyclic amines) is 1. The van der Waals surface area contributed by atoms with Crippen LogP contribution in [0.25, 0.3) is 0 Å². The largest absolute Gasteiger partial charge is 0.448 e. The van der Waals surface area contributed by atoms with Crippen LogP contribution < -0.4 is 0 Å². The number of methoxy groups -OCH3 is 1. The second-order valence-corrected chi connectivity index (χ2v) is 6.36. The molecule has 2 fully saturated rings. The van der Waals surface area contributed by atoms with Gasteiger partial charge >= 0.3 is 12.2 Å². The van der Waals surface area contributed by atoms with E-state index in [0.717, 1.165) is 0 Å². The van der Waals surface area contributed by atoms with Crippen molar-refractivity contribution in [3.8, 4) is 0 Å². The fourth-order valence-electron chi connectivity index (χ4n) is 2.69. The van der Waals surface area contributed by atoms with Crippen molar-refractivity contribution in [2.45, 2.75) is 44.9 Å². The quantitative estimate of drug-likeness (QED) is 0.772. The molecule has 21 heavy (non-hydrogen) atoms. The predicted molar refractivity (Wildman–Crippen MR) is 75.1 cm³/mol. The maximum absolute atomic E-state index is 12.1. The molecule has 0 aromatic heterocycles. The summed E-state index contributed by atoms with van der Waals surface area (Å²) < 4.78 is 15.8. The molecule has 0 aromatic rings. The summed E-state index contributed by atoms with van der Waals surface area (Å²) in [6.45, 7) is 7.48. The molecule has 0 saturated carbocycles. The van der Waals surface area contributed by atoms with Crippen LogP contribution in [0.5, 0.6) is 0 Å². The molecule has 2 saturated heterocycles. The van der Waals surface area contributed by atoms with E-state index >= 15 is 0 Å². The Labute approximate surface area is 125 Å². The van der Waals surface area contributed by atoms with Crippen molar-refractivity contribution in [1.82, 2.24) is 9.80 Å². The smallest absolute Gasteiger partial charge is 0.410 e. The SMILES string of the molecule is CO[C@H]1CN(C(=O)OC(C)(C)C)CC[C@@H]1N1CCOC1=O. The first kappa shape index (κ1) is 15.9. The lowest BCUT2D eigenvalue weighted by Crippen LogP contribution is -2.56. The molecule has 2 heterocycles. The Balaban J connectivity index is 1.98. The zero-order valence-electron chi connectivity index (χ0n) is 13.1. The van der Waals surface area contributed by atoms with Crippen molar-refractivity contribution in [2.75, 3.05) is 33.4 Å². The molecule has 0 aliphatic carbocycles. The van der Waals surface area contributed by atoms with Crippen molar-refractivity contribution in [3.05, 3.63) is 0 Å². The van der Waals surface area contributed by atoms with Crippen molar-refractivity contribution in [3.63, 3.8) is 0 Å². The molecule has 0 radical (unpaired) electrons. The Bertz CT molecular complexity index is 407. The molecule has 7 nitrogen and oxygen atoms in total. The van der Waals surface area contributed by atoms with E-state index in [1.807, 2.05) is 20.8 Å². The van der Waals surface area contributed by atoms with E-state index in [1.165, 1.54) is 0 Å². The number of ether oxygens (including phenoxy) is 3. The lowest BCUT2D eigenvalue weighted by molar-refractivity contribution is -0.0353. The molecular formula is C14H24N2O5. The summed E-state index contributed by atoms with van der Waals surface area (Å²) in [7, 11) is 1.59. The monoisotopic (exact) mass is 300 g/mol. The first-order valence-corrected chi connectivity index (χ1v) is 7.26. The molecule has 0 aromatic carbocycles. The van der Waals surface area contributed by atoms with Crippen LogP contribution in [0.1, 0.15) is 27.2 Å². The molecule has 2 amide bonds. The van der Waals surface area contributed by atoms with Gasteiger partial charge in [0, 0.05) is 13.7 Å². The maximum Gasteiger partial charge on any atom is 0.410 e. The number of hydrogen-bond acceptors (Lipinski definition) is 5. The maximum atomic E-state index is 12.1. The Kier molecular flexibility index (Phi) is 4.61. The second-order valence-electron chi connectivity index (χ2n) is 6.36. The van der Waals surface area contributed by atoms with Crippen LogP contribution >= 0.6 is 0 Å². The zero-order valence-corrected chi connectivity index (χ0v) is 13.1. The number of carbonyl (C=O) groups is 2. The van der Waals surface area contributed by atoms with Crippen molar-refractivity contribution in [2.24, 2.45) is 0 Å². The van der Waals surface area contributed by atoms with Crippen molar-refractivity contribution in [1.29, 1.82) is 0 Å². The zero-order chi connectivity index (χ0) is 15.6. The Morgan fingerprint density at radius 2 is 2.05 bits per heavy atom. The Morgan fingerprint density at radius 3 is 2.57 bits per heavy atom. The topological polar surface area (TPSA) is 68.3 Å². The van der Waals surface area contributed by atoms with E-state index < -0.39 is 5.60 Å². The Hall–Kier alpha value is -1.50. The molecule has 0 spiro atoms. The van der Waals surface area contributed by atoms with Gasteiger partial charge in [0.05, 0.1) is 25.2 Å². The second kappa shape index (κ2) is 6.09. The van der Waals surface area contributed by atoms with E-state index in [1.54, 1.807) is 16.9 Å². The number of piperidine rings is 1.